The van der Waals surface area contributed by atoms with Gasteiger partial charge in [-0.2, -0.15) is 0 Å². The molecule has 0 saturated carbocycles. The van der Waals surface area contributed by atoms with E-state index in [2.05, 4.69) is 205 Å². The van der Waals surface area contributed by atoms with Gasteiger partial charge in [-0.3, -0.25) is 0 Å². The lowest BCUT2D eigenvalue weighted by atomic mass is 9.93. The molecule has 0 bridgehead atoms. The molecule has 11 aromatic rings. The zero-order chi connectivity index (χ0) is 35.6. The molecule has 1 nitrogen and oxygen atoms in total. The number of hydrogen-bond donors (Lipinski definition) is 0. The highest BCUT2D eigenvalue weighted by atomic mass is 32.1. The van der Waals surface area contributed by atoms with Crippen LogP contribution in [0.1, 0.15) is 0 Å². The van der Waals surface area contributed by atoms with E-state index in [-0.39, 0.29) is 0 Å². The summed E-state index contributed by atoms with van der Waals surface area (Å²) in [5.74, 6) is 0. The van der Waals surface area contributed by atoms with Crippen LogP contribution in [0.25, 0.3) is 85.5 Å². The Hall–Kier alpha value is -6.74. The number of para-hydroxylation sites is 1. The summed E-state index contributed by atoms with van der Waals surface area (Å²) >= 11 is 1.86. The van der Waals surface area contributed by atoms with Crippen molar-refractivity contribution in [2.45, 2.75) is 0 Å². The number of anilines is 3. The molecule has 54 heavy (non-hydrogen) atoms. The van der Waals surface area contributed by atoms with E-state index in [0.717, 1.165) is 17.1 Å². The molecule has 1 heterocycles. The predicted molar refractivity (Wildman–Crippen MR) is 235 cm³/mol. The van der Waals surface area contributed by atoms with E-state index in [0.29, 0.717) is 0 Å². The van der Waals surface area contributed by atoms with Gasteiger partial charge in [0.05, 0.1) is 5.69 Å². The molecule has 0 aliphatic rings. The van der Waals surface area contributed by atoms with Crippen molar-refractivity contribution >= 4 is 91.7 Å². The van der Waals surface area contributed by atoms with Crippen LogP contribution in [0.4, 0.5) is 17.1 Å². The quantitative estimate of drug-likeness (QED) is 0.161. The van der Waals surface area contributed by atoms with E-state index in [4.69, 9.17) is 0 Å². The molecule has 0 amide bonds. The van der Waals surface area contributed by atoms with Crippen LogP contribution < -0.4 is 4.90 Å². The van der Waals surface area contributed by atoms with Crippen LogP contribution in [0, 0.1) is 0 Å². The van der Waals surface area contributed by atoms with Crippen molar-refractivity contribution in [1.29, 1.82) is 0 Å². The second-order valence-electron chi connectivity index (χ2n) is 14.1. The summed E-state index contributed by atoms with van der Waals surface area (Å²) in [6.07, 6.45) is 0. The molecule has 0 saturated heterocycles. The smallest absolute Gasteiger partial charge is 0.0540 e. The minimum Gasteiger partial charge on any atom is -0.310 e. The Kier molecular flexibility index (Phi) is 7.11. The monoisotopic (exact) mass is 703 g/mol. The van der Waals surface area contributed by atoms with Crippen molar-refractivity contribution in [1.82, 2.24) is 0 Å². The van der Waals surface area contributed by atoms with Crippen LogP contribution >= 0.6 is 11.3 Å². The fourth-order valence-electron chi connectivity index (χ4n) is 8.56. The molecule has 0 spiro atoms. The second-order valence-corrected chi connectivity index (χ2v) is 15.1. The maximum atomic E-state index is 2.47. The zero-order valence-corrected chi connectivity index (χ0v) is 30.2. The minimum atomic E-state index is 1.12. The Labute approximate surface area is 317 Å². The predicted octanol–water partition coefficient (Wildman–Crippen LogP) is 15.5. The van der Waals surface area contributed by atoms with Crippen molar-refractivity contribution in [3.05, 3.63) is 200 Å². The maximum absolute atomic E-state index is 2.47. The summed E-state index contributed by atoms with van der Waals surface area (Å²) in [6.45, 7) is 0. The first-order valence-electron chi connectivity index (χ1n) is 18.5. The topological polar surface area (TPSA) is 3.24 Å². The first kappa shape index (κ1) is 30.8. The van der Waals surface area contributed by atoms with Crippen LogP contribution in [0.2, 0.25) is 0 Å². The molecule has 2 heteroatoms. The Morgan fingerprint density at radius 2 is 0.796 bits per heavy atom. The molecule has 0 radical (unpaired) electrons. The van der Waals surface area contributed by atoms with Gasteiger partial charge in [-0.05, 0) is 108 Å². The molecule has 10 aromatic carbocycles. The van der Waals surface area contributed by atoms with E-state index >= 15 is 0 Å². The van der Waals surface area contributed by atoms with Crippen molar-refractivity contribution < 1.29 is 0 Å². The first-order valence-corrected chi connectivity index (χ1v) is 19.3. The van der Waals surface area contributed by atoms with Gasteiger partial charge in [0.2, 0.25) is 0 Å². The summed E-state index contributed by atoms with van der Waals surface area (Å²) in [4.78, 5) is 2.47. The van der Waals surface area contributed by atoms with Gasteiger partial charge < -0.3 is 4.90 Å². The second kappa shape index (κ2) is 12.4. The first-order chi connectivity index (χ1) is 26.8. The molecule has 0 aliphatic heterocycles. The largest absolute Gasteiger partial charge is 0.310 e. The van der Waals surface area contributed by atoms with E-state index in [1.54, 1.807) is 0 Å². The third-order valence-corrected chi connectivity index (χ3v) is 12.2. The van der Waals surface area contributed by atoms with Crippen LogP contribution in [-0.2, 0) is 0 Å². The third kappa shape index (κ3) is 4.92. The molecular formula is C52H33NS. The number of fused-ring (bicyclic) bond motifs is 10. The summed E-state index contributed by atoms with van der Waals surface area (Å²) < 4.78 is 2.61. The summed E-state index contributed by atoms with van der Waals surface area (Å²) in [5, 5.41) is 12.7. The number of thiophene rings is 1. The van der Waals surface area contributed by atoms with Crippen LogP contribution in [-0.4, -0.2) is 0 Å². The molecular weight excluding hydrogens is 671 g/mol. The van der Waals surface area contributed by atoms with Gasteiger partial charge in [0, 0.05) is 37.1 Å². The normalized spacial score (nSPS) is 11.7. The molecule has 252 valence electrons. The van der Waals surface area contributed by atoms with E-state index in [1.165, 1.54) is 85.5 Å². The fourth-order valence-corrected chi connectivity index (χ4v) is 9.65. The molecule has 0 fully saturated rings. The molecule has 1 aromatic heterocycles. The average molecular weight is 704 g/mol. The lowest BCUT2D eigenvalue weighted by Crippen LogP contribution is -2.11. The van der Waals surface area contributed by atoms with Gasteiger partial charge in [-0.25, -0.2) is 0 Å². The lowest BCUT2D eigenvalue weighted by molar-refractivity contribution is 1.30. The Morgan fingerprint density at radius 1 is 0.296 bits per heavy atom. The highest BCUT2D eigenvalue weighted by molar-refractivity contribution is 7.25. The maximum Gasteiger partial charge on any atom is 0.0540 e. The average Bonchev–Trinajstić information content (AvgIpc) is 3.62. The third-order valence-electron chi connectivity index (χ3n) is 11.0. The summed E-state index contributed by atoms with van der Waals surface area (Å²) in [5.41, 5.74) is 8.20. The van der Waals surface area contributed by atoms with Gasteiger partial charge in [0.25, 0.3) is 0 Å². The lowest BCUT2D eigenvalue weighted by Gasteiger charge is -2.28. The Bertz CT molecular complexity index is 3200. The van der Waals surface area contributed by atoms with Crippen molar-refractivity contribution in [2.75, 3.05) is 4.90 Å². The molecule has 0 atom stereocenters. The van der Waals surface area contributed by atoms with Crippen LogP contribution in [0.15, 0.2) is 200 Å². The number of hydrogen-bond acceptors (Lipinski definition) is 2. The minimum absolute atomic E-state index is 1.12. The highest BCUT2D eigenvalue weighted by Crippen LogP contribution is 2.46. The zero-order valence-electron chi connectivity index (χ0n) is 29.4. The van der Waals surface area contributed by atoms with Gasteiger partial charge in [0.15, 0.2) is 0 Å². The van der Waals surface area contributed by atoms with Gasteiger partial charge in [-0.1, -0.05) is 152 Å². The molecule has 11 rings (SSSR count). The standard InChI is InChI=1S/C52H33NS/c1-2-17-39-34(13-1)14-12-24-40(39)35-15-11-16-36(31-35)41-18-7-9-25-50(41)53(38-28-30-52-49(33-38)47-23-8-10-26-51(47)54-52)37-27-29-46-44-21-4-3-19-42(44)43-20-5-6-22-45(43)48(46)32-37/h1-33H. The molecule has 0 N–H and O–H groups in total. The SMILES string of the molecule is c1cc(-c2ccccc2N(c2ccc3sc4ccccc4c3c2)c2ccc3c4ccccc4c4ccccc4c3c2)cc(-c2cccc3ccccc23)c1. The van der Waals surface area contributed by atoms with Crippen LogP contribution in [0.3, 0.4) is 0 Å². The Morgan fingerprint density at radius 3 is 1.57 bits per heavy atom. The number of nitrogens with zero attached hydrogens (tertiary/aromatic N) is 1. The highest BCUT2D eigenvalue weighted by Gasteiger charge is 2.20. The van der Waals surface area contributed by atoms with Crippen molar-refractivity contribution in [3.8, 4) is 22.3 Å². The van der Waals surface area contributed by atoms with Gasteiger partial charge in [-0.15, -0.1) is 11.3 Å². The van der Waals surface area contributed by atoms with Crippen LogP contribution in [0.5, 0.6) is 0 Å². The van der Waals surface area contributed by atoms with E-state index in [9.17, 15) is 0 Å². The molecule has 0 unspecified atom stereocenters. The van der Waals surface area contributed by atoms with Crippen molar-refractivity contribution in [3.63, 3.8) is 0 Å². The van der Waals surface area contributed by atoms with E-state index in [1.807, 2.05) is 11.3 Å². The summed E-state index contributed by atoms with van der Waals surface area (Å²) in [7, 11) is 0. The summed E-state index contributed by atoms with van der Waals surface area (Å²) in [6, 6.07) is 73.6. The van der Waals surface area contributed by atoms with Crippen molar-refractivity contribution in [2.24, 2.45) is 0 Å². The van der Waals surface area contributed by atoms with E-state index < -0.39 is 0 Å². The van der Waals surface area contributed by atoms with Gasteiger partial charge >= 0.3 is 0 Å². The fraction of sp³-hybridized carbons (Fsp3) is 0. The number of benzene rings is 10. The van der Waals surface area contributed by atoms with Gasteiger partial charge in [0.1, 0.15) is 0 Å². The number of rotatable bonds is 5. The Balaban J connectivity index is 1.16. The molecule has 0 aliphatic carbocycles.